The summed E-state index contributed by atoms with van der Waals surface area (Å²) in [4.78, 5) is 2.03. The summed E-state index contributed by atoms with van der Waals surface area (Å²) in [6.07, 6.45) is 12.0. The van der Waals surface area contributed by atoms with E-state index in [1.165, 1.54) is 10.4 Å². The lowest BCUT2D eigenvalue weighted by Gasteiger charge is -2.40. The lowest BCUT2D eigenvalue weighted by Crippen LogP contribution is -2.45. The molecule has 161 valence electrons. The van der Waals surface area contributed by atoms with Crippen molar-refractivity contribution in [2.45, 2.75) is 25.3 Å². The van der Waals surface area contributed by atoms with Crippen LogP contribution in [0.1, 0.15) is 19.8 Å². The SMILES string of the molecule is CC1(CCO)[C]=CC=CN1CCCN(c1cccc(NS(C)(=O)=O)c1)S(C)(=O)=O. The van der Waals surface area contributed by atoms with E-state index in [0.29, 0.717) is 30.8 Å². The Kier molecular flexibility index (Phi) is 7.36. The quantitative estimate of drug-likeness (QED) is 0.569. The molecule has 0 aromatic heterocycles. The maximum absolute atomic E-state index is 12.3. The van der Waals surface area contributed by atoms with Crippen LogP contribution in [-0.2, 0) is 20.0 Å². The monoisotopic (exact) mass is 442 g/mol. The van der Waals surface area contributed by atoms with Gasteiger partial charge in [-0.25, -0.2) is 16.8 Å². The summed E-state index contributed by atoms with van der Waals surface area (Å²) in [6, 6.07) is 6.29. The van der Waals surface area contributed by atoms with Crippen LogP contribution < -0.4 is 9.03 Å². The van der Waals surface area contributed by atoms with Gasteiger partial charge < -0.3 is 10.0 Å². The molecule has 1 unspecified atom stereocenters. The van der Waals surface area contributed by atoms with Crippen LogP contribution in [0.2, 0.25) is 0 Å². The molecule has 0 saturated heterocycles. The smallest absolute Gasteiger partial charge is 0.232 e. The van der Waals surface area contributed by atoms with E-state index in [9.17, 15) is 21.9 Å². The van der Waals surface area contributed by atoms with Crippen molar-refractivity contribution in [3.63, 3.8) is 0 Å². The highest BCUT2D eigenvalue weighted by molar-refractivity contribution is 7.92. The number of sulfonamides is 2. The number of benzene rings is 1. The molecule has 0 spiro atoms. The standard InChI is InChI=1S/C19H28N3O5S2/c1-19(11-15-23)10-4-5-12-21(19)13-7-14-22(29(3,26)27)18-9-6-8-17(16-18)20-28(2,24)25/h4-6,8-9,12,16,20,23H,7,11,13-15H2,1-3H3. The minimum atomic E-state index is -3.56. The van der Waals surface area contributed by atoms with Gasteiger partial charge in [0.25, 0.3) is 0 Å². The lowest BCUT2D eigenvalue weighted by molar-refractivity contribution is 0.151. The van der Waals surface area contributed by atoms with Crippen LogP contribution in [0.25, 0.3) is 0 Å². The zero-order valence-electron chi connectivity index (χ0n) is 16.9. The van der Waals surface area contributed by atoms with E-state index in [2.05, 4.69) is 10.8 Å². The van der Waals surface area contributed by atoms with Gasteiger partial charge >= 0.3 is 0 Å². The zero-order chi connectivity index (χ0) is 21.7. The van der Waals surface area contributed by atoms with Gasteiger partial charge in [0, 0.05) is 19.7 Å². The van der Waals surface area contributed by atoms with Gasteiger partial charge in [0.2, 0.25) is 20.0 Å². The van der Waals surface area contributed by atoms with Crippen LogP contribution in [-0.4, -0.2) is 64.6 Å². The Labute approximate surface area is 173 Å². The van der Waals surface area contributed by atoms with Crippen molar-refractivity contribution in [1.29, 1.82) is 0 Å². The highest BCUT2D eigenvalue weighted by atomic mass is 32.2. The normalized spacial score (nSPS) is 19.4. The second-order valence-electron chi connectivity index (χ2n) is 7.21. The molecule has 2 N–H and O–H groups in total. The molecule has 8 nitrogen and oxygen atoms in total. The van der Waals surface area contributed by atoms with Crippen molar-refractivity contribution < 1.29 is 21.9 Å². The molecule has 1 aromatic carbocycles. The Morgan fingerprint density at radius 2 is 1.97 bits per heavy atom. The molecule has 1 aromatic rings. The van der Waals surface area contributed by atoms with Crippen LogP contribution in [0.5, 0.6) is 0 Å². The van der Waals surface area contributed by atoms with Crippen LogP contribution in [0.4, 0.5) is 11.4 Å². The van der Waals surface area contributed by atoms with Crippen LogP contribution in [0.15, 0.2) is 42.6 Å². The Bertz CT molecular complexity index is 973. The molecule has 0 bridgehead atoms. The number of anilines is 2. The van der Waals surface area contributed by atoms with Crippen LogP contribution >= 0.6 is 0 Å². The minimum absolute atomic E-state index is 0.0251. The van der Waals surface area contributed by atoms with E-state index < -0.39 is 25.6 Å². The molecule has 1 atom stereocenters. The largest absolute Gasteiger partial charge is 0.396 e. The molecule has 29 heavy (non-hydrogen) atoms. The van der Waals surface area contributed by atoms with Gasteiger partial charge in [-0.3, -0.25) is 9.03 Å². The third-order valence-electron chi connectivity index (χ3n) is 4.59. The van der Waals surface area contributed by atoms with E-state index in [1.807, 2.05) is 30.2 Å². The summed E-state index contributed by atoms with van der Waals surface area (Å²) < 4.78 is 51.2. The predicted octanol–water partition coefficient (Wildman–Crippen LogP) is 1.54. The van der Waals surface area contributed by atoms with E-state index in [0.717, 1.165) is 12.5 Å². The van der Waals surface area contributed by atoms with Crippen molar-refractivity contribution in [2.75, 3.05) is 41.2 Å². The summed E-state index contributed by atoms with van der Waals surface area (Å²) in [5.41, 5.74) is 0.242. The van der Waals surface area contributed by atoms with Crippen molar-refractivity contribution in [1.82, 2.24) is 4.90 Å². The van der Waals surface area contributed by atoms with Gasteiger partial charge in [0.05, 0.1) is 29.4 Å². The maximum Gasteiger partial charge on any atom is 0.232 e. The summed E-state index contributed by atoms with van der Waals surface area (Å²) in [6.45, 7) is 2.79. The van der Waals surface area contributed by atoms with Gasteiger partial charge in [0.1, 0.15) is 0 Å². The van der Waals surface area contributed by atoms with Gasteiger partial charge in [0.15, 0.2) is 0 Å². The third-order valence-corrected chi connectivity index (χ3v) is 6.39. The second kappa shape index (κ2) is 9.19. The average Bonchev–Trinajstić information content (AvgIpc) is 2.58. The lowest BCUT2D eigenvalue weighted by atomic mass is 9.93. The highest BCUT2D eigenvalue weighted by Crippen LogP contribution is 2.26. The Morgan fingerprint density at radius 1 is 1.24 bits per heavy atom. The molecule has 0 aliphatic carbocycles. The topological polar surface area (TPSA) is 107 Å². The first-order chi connectivity index (χ1) is 13.4. The molecular formula is C19H28N3O5S2. The molecule has 0 saturated carbocycles. The fourth-order valence-electron chi connectivity index (χ4n) is 3.19. The number of aliphatic hydroxyl groups excluding tert-OH is 1. The molecule has 1 aliphatic heterocycles. The Morgan fingerprint density at radius 3 is 2.59 bits per heavy atom. The molecule has 10 heteroatoms. The number of hydrogen-bond donors (Lipinski definition) is 2. The number of allylic oxidation sites excluding steroid dienone is 2. The third kappa shape index (κ3) is 6.76. The van der Waals surface area contributed by atoms with E-state index in [-0.39, 0.29) is 13.2 Å². The first-order valence-corrected chi connectivity index (χ1v) is 12.9. The Hall–Kier alpha value is -2.04. The van der Waals surface area contributed by atoms with Crippen molar-refractivity contribution >= 4 is 31.4 Å². The van der Waals surface area contributed by atoms with E-state index in [4.69, 9.17) is 0 Å². The molecule has 1 aliphatic rings. The molecule has 0 fully saturated rings. The molecule has 0 amide bonds. The first-order valence-electron chi connectivity index (χ1n) is 9.15. The fraction of sp³-hybridized carbons (Fsp3) is 0.474. The second-order valence-corrected chi connectivity index (χ2v) is 10.9. The number of hydrogen-bond acceptors (Lipinski definition) is 6. The highest BCUT2D eigenvalue weighted by Gasteiger charge is 2.28. The fourth-order valence-corrected chi connectivity index (χ4v) is 4.70. The van der Waals surface area contributed by atoms with Crippen LogP contribution in [0, 0.1) is 6.08 Å². The van der Waals surface area contributed by atoms with E-state index >= 15 is 0 Å². The summed E-state index contributed by atoms with van der Waals surface area (Å²) in [7, 11) is -7.03. The molecule has 1 radical (unpaired) electrons. The van der Waals surface area contributed by atoms with Crippen molar-refractivity contribution in [3.05, 3.63) is 48.7 Å². The number of nitrogens with zero attached hydrogens (tertiary/aromatic N) is 2. The number of rotatable bonds is 10. The van der Waals surface area contributed by atoms with Gasteiger partial charge in [-0.1, -0.05) is 12.1 Å². The predicted molar refractivity (Wildman–Crippen MR) is 115 cm³/mol. The minimum Gasteiger partial charge on any atom is -0.396 e. The van der Waals surface area contributed by atoms with Gasteiger partial charge in [-0.05, 0) is 56.3 Å². The number of aliphatic hydroxyl groups is 1. The molecule has 2 rings (SSSR count). The first kappa shape index (κ1) is 23.2. The maximum atomic E-state index is 12.3. The van der Waals surface area contributed by atoms with Gasteiger partial charge in [-0.2, -0.15) is 0 Å². The van der Waals surface area contributed by atoms with Crippen molar-refractivity contribution in [3.8, 4) is 0 Å². The van der Waals surface area contributed by atoms with Crippen LogP contribution in [0.3, 0.4) is 0 Å². The van der Waals surface area contributed by atoms with E-state index in [1.54, 1.807) is 18.2 Å². The average molecular weight is 443 g/mol. The summed E-state index contributed by atoms with van der Waals surface area (Å²) >= 11 is 0. The molecular weight excluding hydrogens is 414 g/mol. The Balaban J connectivity index is 2.14. The summed E-state index contributed by atoms with van der Waals surface area (Å²) in [5, 5.41) is 9.34. The summed E-state index contributed by atoms with van der Waals surface area (Å²) in [5.74, 6) is 0. The number of nitrogens with one attached hydrogen (secondary N) is 1. The zero-order valence-corrected chi connectivity index (χ0v) is 18.5. The van der Waals surface area contributed by atoms with Gasteiger partial charge in [-0.15, -0.1) is 0 Å². The molecule has 1 heterocycles. The van der Waals surface area contributed by atoms with Crippen molar-refractivity contribution in [2.24, 2.45) is 0 Å².